The normalized spacial score (nSPS) is 18.9. The Morgan fingerprint density at radius 2 is 2.25 bits per heavy atom. The minimum absolute atomic E-state index is 0.476. The molecule has 1 saturated heterocycles. The van der Waals surface area contributed by atoms with Crippen molar-refractivity contribution in [2.24, 2.45) is 0 Å². The molecule has 6 heteroatoms. The zero-order chi connectivity index (χ0) is 13.9. The zero-order valence-corrected chi connectivity index (χ0v) is 12.1. The molecule has 1 aliphatic heterocycles. The SMILES string of the molecule is CN(Cc1nnc(-c2ccccc2Cl)o1)C1CCNC1. The first-order valence-electron chi connectivity index (χ1n) is 6.72. The minimum atomic E-state index is 0.476. The highest BCUT2D eigenvalue weighted by Crippen LogP contribution is 2.26. The Labute approximate surface area is 122 Å². The summed E-state index contributed by atoms with van der Waals surface area (Å²) in [5, 5.41) is 12.2. The monoisotopic (exact) mass is 292 g/mol. The summed E-state index contributed by atoms with van der Waals surface area (Å²) in [6, 6.07) is 8.01. The molecule has 0 bridgehead atoms. The second kappa shape index (κ2) is 5.91. The highest BCUT2D eigenvalue weighted by Gasteiger charge is 2.21. The number of nitrogens with one attached hydrogen (secondary N) is 1. The third-order valence-electron chi connectivity index (χ3n) is 3.61. The van der Waals surface area contributed by atoms with E-state index in [0.717, 1.165) is 25.1 Å². The lowest BCUT2D eigenvalue weighted by molar-refractivity contribution is 0.226. The van der Waals surface area contributed by atoms with Crippen molar-refractivity contribution in [3.8, 4) is 11.5 Å². The molecule has 3 rings (SSSR count). The fraction of sp³-hybridized carbons (Fsp3) is 0.429. The van der Waals surface area contributed by atoms with Gasteiger partial charge >= 0.3 is 0 Å². The Balaban J connectivity index is 1.72. The summed E-state index contributed by atoms with van der Waals surface area (Å²) < 4.78 is 5.71. The van der Waals surface area contributed by atoms with Crippen LogP contribution in [0.15, 0.2) is 28.7 Å². The lowest BCUT2D eigenvalue weighted by Crippen LogP contribution is -2.32. The van der Waals surface area contributed by atoms with E-state index in [9.17, 15) is 0 Å². The maximum Gasteiger partial charge on any atom is 0.249 e. The Bertz CT molecular complexity index is 580. The van der Waals surface area contributed by atoms with Gasteiger partial charge in [-0.15, -0.1) is 10.2 Å². The quantitative estimate of drug-likeness (QED) is 0.936. The molecule has 1 N–H and O–H groups in total. The number of aromatic nitrogens is 2. The van der Waals surface area contributed by atoms with Gasteiger partial charge in [0, 0.05) is 12.6 Å². The predicted octanol–water partition coefficient (Wildman–Crippen LogP) is 2.18. The second-order valence-electron chi connectivity index (χ2n) is 5.04. The maximum atomic E-state index is 6.13. The van der Waals surface area contributed by atoms with Crippen molar-refractivity contribution < 1.29 is 4.42 Å². The summed E-state index contributed by atoms with van der Waals surface area (Å²) in [5.74, 6) is 1.10. The fourth-order valence-electron chi connectivity index (χ4n) is 2.42. The highest BCUT2D eigenvalue weighted by atomic mass is 35.5. The molecule has 0 aliphatic carbocycles. The van der Waals surface area contributed by atoms with Crippen LogP contribution in [0, 0.1) is 0 Å². The van der Waals surface area contributed by atoms with E-state index in [1.165, 1.54) is 0 Å². The van der Waals surface area contributed by atoms with E-state index in [1.807, 2.05) is 24.3 Å². The van der Waals surface area contributed by atoms with Crippen LogP contribution >= 0.6 is 11.6 Å². The summed E-state index contributed by atoms with van der Waals surface area (Å²) in [7, 11) is 2.08. The van der Waals surface area contributed by atoms with Crippen molar-refractivity contribution in [1.29, 1.82) is 0 Å². The highest BCUT2D eigenvalue weighted by molar-refractivity contribution is 6.33. The van der Waals surface area contributed by atoms with E-state index in [2.05, 4.69) is 27.5 Å². The van der Waals surface area contributed by atoms with Crippen LogP contribution in [0.1, 0.15) is 12.3 Å². The molecule has 0 radical (unpaired) electrons. The van der Waals surface area contributed by atoms with E-state index in [-0.39, 0.29) is 0 Å². The Morgan fingerprint density at radius 3 is 3.00 bits per heavy atom. The average Bonchev–Trinajstić information content (AvgIpc) is 3.10. The number of benzene rings is 1. The van der Waals surface area contributed by atoms with E-state index in [4.69, 9.17) is 16.0 Å². The van der Waals surface area contributed by atoms with E-state index in [0.29, 0.717) is 29.4 Å². The third kappa shape index (κ3) is 2.85. The molecule has 1 fully saturated rings. The summed E-state index contributed by atoms with van der Waals surface area (Å²) in [4.78, 5) is 2.24. The predicted molar refractivity (Wildman–Crippen MR) is 77.5 cm³/mol. The van der Waals surface area contributed by atoms with Gasteiger partial charge in [-0.2, -0.15) is 0 Å². The van der Waals surface area contributed by atoms with Crippen molar-refractivity contribution in [3.05, 3.63) is 35.2 Å². The van der Waals surface area contributed by atoms with Gasteiger partial charge in [-0.25, -0.2) is 0 Å². The van der Waals surface area contributed by atoms with E-state index >= 15 is 0 Å². The van der Waals surface area contributed by atoms with Crippen LogP contribution in [0.25, 0.3) is 11.5 Å². The number of hydrogen-bond acceptors (Lipinski definition) is 5. The maximum absolute atomic E-state index is 6.13. The van der Waals surface area contributed by atoms with Crippen molar-refractivity contribution in [2.75, 3.05) is 20.1 Å². The van der Waals surface area contributed by atoms with Crippen LogP contribution < -0.4 is 5.32 Å². The van der Waals surface area contributed by atoms with Crippen molar-refractivity contribution >= 4 is 11.6 Å². The van der Waals surface area contributed by atoms with Crippen LogP contribution in [-0.2, 0) is 6.54 Å². The summed E-state index contributed by atoms with van der Waals surface area (Å²) in [6.07, 6.45) is 1.15. The zero-order valence-electron chi connectivity index (χ0n) is 11.3. The summed E-state index contributed by atoms with van der Waals surface area (Å²) in [5.41, 5.74) is 0.776. The van der Waals surface area contributed by atoms with Gasteiger partial charge in [0.25, 0.3) is 0 Å². The lowest BCUT2D eigenvalue weighted by Gasteiger charge is -2.21. The molecule has 1 aliphatic rings. The molecule has 1 aromatic heterocycles. The Morgan fingerprint density at radius 1 is 1.40 bits per heavy atom. The van der Waals surface area contributed by atoms with Crippen LogP contribution in [0.2, 0.25) is 5.02 Å². The molecule has 0 amide bonds. The average molecular weight is 293 g/mol. The van der Waals surface area contributed by atoms with Crippen LogP contribution in [0.5, 0.6) is 0 Å². The summed E-state index contributed by atoms with van der Waals surface area (Å²) in [6.45, 7) is 2.75. The number of hydrogen-bond donors (Lipinski definition) is 1. The molecule has 0 saturated carbocycles. The number of rotatable bonds is 4. The number of nitrogens with zero attached hydrogens (tertiary/aromatic N) is 3. The van der Waals surface area contributed by atoms with Crippen LogP contribution in [0.4, 0.5) is 0 Å². The molecule has 1 atom stereocenters. The molecular weight excluding hydrogens is 276 g/mol. The third-order valence-corrected chi connectivity index (χ3v) is 3.94. The fourth-order valence-corrected chi connectivity index (χ4v) is 2.64. The Hall–Kier alpha value is -1.43. The molecule has 5 nitrogen and oxygen atoms in total. The molecule has 2 heterocycles. The van der Waals surface area contributed by atoms with Gasteiger partial charge in [0.2, 0.25) is 11.8 Å². The molecule has 20 heavy (non-hydrogen) atoms. The first-order valence-corrected chi connectivity index (χ1v) is 7.10. The molecule has 1 aromatic carbocycles. The van der Waals surface area contributed by atoms with Gasteiger partial charge in [0.15, 0.2) is 0 Å². The van der Waals surface area contributed by atoms with Crippen LogP contribution in [0.3, 0.4) is 0 Å². The first kappa shape index (κ1) is 13.5. The van der Waals surface area contributed by atoms with Gasteiger partial charge in [0.1, 0.15) is 0 Å². The van der Waals surface area contributed by atoms with Crippen LogP contribution in [-0.4, -0.2) is 41.3 Å². The first-order chi connectivity index (χ1) is 9.74. The topological polar surface area (TPSA) is 54.2 Å². The van der Waals surface area contributed by atoms with Crippen molar-refractivity contribution in [2.45, 2.75) is 19.0 Å². The van der Waals surface area contributed by atoms with Crippen molar-refractivity contribution in [3.63, 3.8) is 0 Å². The number of likely N-dealkylation sites (N-methyl/N-ethyl adjacent to an activating group) is 1. The molecular formula is C14H17ClN4O. The van der Waals surface area contributed by atoms with E-state index < -0.39 is 0 Å². The molecule has 106 valence electrons. The lowest BCUT2D eigenvalue weighted by atomic mass is 10.2. The van der Waals surface area contributed by atoms with Gasteiger partial charge in [-0.1, -0.05) is 23.7 Å². The van der Waals surface area contributed by atoms with Gasteiger partial charge in [-0.3, -0.25) is 4.90 Å². The minimum Gasteiger partial charge on any atom is -0.419 e. The van der Waals surface area contributed by atoms with Gasteiger partial charge in [-0.05, 0) is 32.1 Å². The van der Waals surface area contributed by atoms with Crippen molar-refractivity contribution in [1.82, 2.24) is 20.4 Å². The van der Waals surface area contributed by atoms with E-state index in [1.54, 1.807) is 0 Å². The smallest absolute Gasteiger partial charge is 0.249 e. The van der Waals surface area contributed by atoms with Gasteiger partial charge < -0.3 is 9.73 Å². The largest absolute Gasteiger partial charge is 0.419 e. The molecule has 0 spiro atoms. The molecule has 1 unspecified atom stereocenters. The Kier molecular flexibility index (Phi) is 4.00. The summed E-state index contributed by atoms with van der Waals surface area (Å²) >= 11 is 6.13. The van der Waals surface area contributed by atoms with Gasteiger partial charge in [0.05, 0.1) is 17.1 Å². The second-order valence-corrected chi connectivity index (χ2v) is 5.45. The molecule has 2 aromatic rings. The number of halogens is 1. The standard InChI is InChI=1S/C14H17ClN4O/c1-19(10-6-7-16-8-10)9-13-17-18-14(20-13)11-4-2-3-5-12(11)15/h2-5,10,16H,6-9H2,1H3.